The van der Waals surface area contributed by atoms with E-state index in [1.54, 1.807) is 12.1 Å². The van der Waals surface area contributed by atoms with Crippen LogP contribution in [-0.4, -0.2) is 28.6 Å². The minimum absolute atomic E-state index is 0.141. The molecule has 2 N–H and O–H groups in total. The van der Waals surface area contributed by atoms with Crippen molar-refractivity contribution < 1.29 is 19.5 Å². The number of rotatable bonds is 3. The van der Waals surface area contributed by atoms with Crippen LogP contribution in [0.5, 0.6) is 5.75 Å². The van der Waals surface area contributed by atoms with E-state index >= 15 is 0 Å². The van der Waals surface area contributed by atoms with Gasteiger partial charge in [0.15, 0.2) is 11.7 Å². The summed E-state index contributed by atoms with van der Waals surface area (Å²) < 4.78 is 0. The number of nitrogens with one attached hydrogen (secondary N) is 1. The normalized spacial score (nSPS) is 22.9. The molecular weight excluding hydrogens is 234 g/mol. The van der Waals surface area contributed by atoms with Crippen molar-refractivity contribution in [1.29, 1.82) is 0 Å². The van der Waals surface area contributed by atoms with Crippen molar-refractivity contribution in [2.75, 3.05) is 0 Å². The topological polar surface area (TPSA) is 83.5 Å². The lowest BCUT2D eigenvalue weighted by molar-refractivity contribution is -0.135. The maximum Gasteiger partial charge on any atom is 0.238 e. The summed E-state index contributed by atoms with van der Waals surface area (Å²) >= 11 is 0. The largest absolute Gasteiger partial charge is 0.508 e. The quantitative estimate of drug-likeness (QED) is 0.748. The van der Waals surface area contributed by atoms with Crippen LogP contribution in [0.3, 0.4) is 0 Å². The number of benzene rings is 1. The van der Waals surface area contributed by atoms with Gasteiger partial charge in [0.1, 0.15) is 11.5 Å². The highest BCUT2D eigenvalue weighted by atomic mass is 16.3. The van der Waals surface area contributed by atoms with Gasteiger partial charge in [0, 0.05) is 0 Å². The Morgan fingerprint density at radius 1 is 1.28 bits per heavy atom. The molecule has 0 bridgehead atoms. The molecule has 0 aliphatic carbocycles. The molecule has 0 saturated carbocycles. The molecule has 0 radical (unpaired) electrons. The number of aromatic hydroxyl groups is 1. The number of phenols is 1. The Morgan fingerprint density at radius 3 is 2.39 bits per heavy atom. The molecule has 1 aliphatic heterocycles. The molecule has 1 amide bonds. The third-order valence-corrected chi connectivity index (χ3v) is 2.99. The standard InChI is InChI=1S/C13H13NO4/c1-7(15)11-12(17)10(14-13(11)18)6-8-2-4-9(16)5-3-8/h2-5,10-11,16H,6H2,1H3,(H,14,18). The van der Waals surface area contributed by atoms with Crippen molar-refractivity contribution in [3.05, 3.63) is 29.8 Å². The molecule has 1 fully saturated rings. The molecule has 1 aromatic rings. The van der Waals surface area contributed by atoms with E-state index < -0.39 is 23.7 Å². The first kappa shape index (κ1) is 12.3. The average Bonchev–Trinajstić information content (AvgIpc) is 2.57. The van der Waals surface area contributed by atoms with Crippen molar-refractivity contribution in [3.63, 3.8) is 0 Å². The predicted molar refractivity (Wildman–Crippen MR) is 62.9 cm³/mol. The van der Waals surface area contributed by atoms with Gasteiger partial charge in [-0.05, 0) is 31.0 Å². The fraction of sp³-hybridized carbons (Fsp3) is 0.308. The van der Waals surface area contributed by atoms with E-state index in [9.17, 15) is 14.4 Å². The van der Waals surface area contributed by atoms with E-state index in [2.05, 4.69) is 5.32 Å². The van der Waals surface area contributed by atoms with Crippen molar-refractivity contribution in [2.45, 2.75) is 19.4 Å². The van der Waals surface area contributed by atoms with Crippen molar-refractivity contribution in [2.24, 2.45) is 5.92 Å². The van der Waals surface area contributed by atoms with Gasteiger partial charge in [-0.3, -0.25) is 14.4 Å². The van der Waals surface area contributed by atoms with Crippen LogP contribution >= 0.6 is 0 Å². The van der Waals surface area contributed by atoms with Crippen molar-refractivity contribution in [3.8, 4) is 5.75 Å². The Morgan fingerprint density at radius 2 is 1.89 bits per heavy atom. The summed E-state index contributed by atoms with van der Waals surface area (Å²) in [5, 5.41) is 11.7. The molecule has 2 atom stereocenters. The van der Waals surface area contributed by atoms with E-state index in [1.807, 2.05) is 0 Å². The molecule has 1 saturated heterocycles. The Hall–Kier alpha value is -2.17. The SMILES string of the molecule is CC(=O)C1C(=O)NC(Cc2ccc(O)cc2)C1=O. The first-order valence-corrected chi connectivity index (χ1v) is 5.61. The number of amides is 1. The molecule has 2 rings (SSSR count). The summed E-state index contributed by atoms with van der Waals surface area (Å²) in [6.45, 7) is 1.24. The number of Topliss-reactive ketones (excluding diaryl/α,β-unsaturated/α-hetero) is 2. The van der Waals surface area contributed by atoms with E-state index in [1.165, 1.54) is 19.1 Å². The van der Waals surface area contributed by atoms with Gasteiger partial charge in [-0.2, -0.15) is 0 Å². The van der Waals surface area contributed by atoms with Crippen LogP contribution in [-0.2, 0) is 20.8 Å². The van der Waals surface area contributed by atoms with E-state index in [0.29, 0.717) is 6.42 Å². The van der Waals surface area contributed by atoms with Crippen LogP contribution in [0.1, 0.15) is 12.5 Å². The minimum Gasteiger partial charge on any atom is -0.508 e. The Kier molecular flexibility index (Phi) is 3.14. The number of carbonyl (C=O) groups is 3. The first-order valence-electron chi connectivity index (χ1n) is 5.61. The summed E-state index contributed by atoms with van der Waals surface area (Å²) in [6, 6.07) is 5.72. The molecule has 1 aliphatic rings. The van der Waals surface area contributed by atoms with Gasteiger partial charge in [0.25, 0.3) is 0 Å². The molecule has 94 valence electrons. The summed E-state index contributed by atoms with van der Waals surface area (Å²) in [5.41, 5.74) is 0.815. The number of ketones is 2. The molecule has 1 aromatic carbocycles. The van der Waals surface area contributed by atoms with Gasteiger partial charge in [-0.15, -0.1) is 0 Å². The van der Waals surface area contributed by atoms with Crippen LogP contribution in [0.2, 0.25) is 0 Å². The van der Waals surface area contributed by atoms with Gasteiger partial charge in [-0.25, -0.2) is 0 Å². The molecule has 0 aromatic heterocycles. The molecule has 5 nitrogen and oxygen atoms in total. The second kappa shape index (κ2) is 4.60. The maximum absolute atomic E-state index is 11.9. The first-order chi connectivity index (χ1) is 8.49. The highest BCUT2D eigenvalue weighted by Crippen LogP contribution is 2.18. The van der Waals surface area contributed by atoms with Gasteiger partial charge in [0.05, 0.1) is 6.04 Å². The van der Waals surface area contributed by atoms with Crippen LogP contribution in [0.4, 0.5) is 0 Å². The summed E-state index contributed by atoms with van der Waals surface area (Å²) in [4.78, 5) is 34.6. The lowest BCUT2D eigenvalue weighted by Crippen LogP contribution is -2.31. The predicted octanol–water partition coefficient (Wildman–Crippen LogP) is 0.207. The molecule has 1 heterocycles. The zero-order valence-electron chi connectivity index (χ0n) is 9.84. The smallest absolute Gasteiger partial charge is 0.238 e. The molecule has 5 heteroatoms. The molecule has 0 spiro atoms. The number of hydrogen-bond donors (Lipinski definition) is 2. The van der Waals surface area contributed by atoms with E-state index in [4.69, 9.17) is 5.11 Å². The zero-order valence-corrected chi connectivity index (χ0v) is 9.84. The van der Waals surface area contributed by atoms with E-state index in [-0.39, 0.29) is 11.5 Å². The monoisotopic (exact) mass is 247 g/mol. The van der Waals surface area contributed by atoms with Gasteiger partial charge < -0.3 is 10.4 Å². The summed E-state index contributed by atoms with van der Waals surface area (Å²) in [5.74, 6) is -2.34. The number of carbonyl (C=O) groups excluding carboxylic acids is 3. The van der Waals surface area contributed by atoms with Gasteiger partial charge in [0.2, 0.25) is 5.91 Å². The van der Waals surface area contributed by atoms with Crippen LogP contribution in [0, 0.1) is 5.92 Å². The fourth-order valence-corrected chi connectivity index (χ4v) is 2.06. The minimum atomic E-state index is -1.16. The van der Waals surface area contributed by atoms with E-state index in [0.717, 1.165) is 5.56 Å². The lowest BCUT2D eigenvalue weighted by Gasteiger charge is -2.08. The molecule has 2 unspecified atom stereocenters. The maximum atomic E-state index is 11.9. The van der Waals surface area contributed by atoms with Gasteiger partial charge in [-0.1, -0.05) is 12.1 Å². The Bertz CT molecular complexity index is 506. The highest BCUT2D eigenvalue weighted by Gasteiger charge is 2.43. The third-order valence-electron chi connectivity index (χ3n) is 2.99. The Labute approximate surface area is 104 Å². The summed E-state index contributed by atoms with van der Waals surface area (Å²) in [7, 11) is 0. The lowest BCUT2D eigenvalue weighted by atomic mass is 9.96. The number of hydrogen-bond acceptors (Lipinski definition) is 4. The van der Waals surface area contributed by atoms with Crippen LogP contribution in [0.15, 0.2) is 24.3 Å². The van der Waals surface area contributed by atoms with Crippen LogP contribution < -0.4 is 5.32 Å². The average molecular weight is 247 g/mol. The molecule has 18 heavy (non-hydrogen) atoms. The molecular formula is C13H13NO4. The van der Waals surface area contributed by atoms with Crippen LogP contribution in [0.25, 0.3) is 0 Å². The second-order valence-corrected chi connectivity index (χ2v) is 4.38. The number of phenolic OH excluding ortho intramolecular Hbond substituents is 1. The van der Waals surface area contributed by atoms with Crippen molar-refractivity contribution in [1.82, 2.24) is 5.32 Å². The second-order valence-electron chi connectivity index (χ2n) is 4.38. The Balaban J connectivity index is 2.12. The fourth-order valence-electron chi connectivity index (χ4n) is 2.06. The zero-order chi connectivity index (χ0) is 13.3. The summed E-state index contributed by atoms with van der Waals surface area (Å²) in [6.07, 6.45) is 0.328. The highest BCUT2D eigenvalue weighted by molar-refractivity contribution is 6.23. The van der Waals surface area contributed by atoms with Gasteiger partial charge >= 0.3 is 0 Å². The van der Waals surface area contributed by atoms with Crippen molar-refractivity contribution >= 4 is 17.5 Å². The third kappa shape index (κ3) is 2.25.